The molecule has 0 aliphatic heterocycles. The number of thiazole rings is 1. The number of ether oxygens (including phenoxy) is 1. The van der Waals surface area contributed by atoms with E-state index < -0.39 is 15.9 Å². The molecule has 2 aromatic heterocycles. The SMILES string of the molecule is COc1ccc(-c2[nH]ncc2C=C(C#N)C(=O)Nc2ccc(S(=O)(=O)Nc3nccs3)cc2)cc1. The summed E-state index contributed by atoms with van der Waals surface area (Å²) in [6.07, 6.45) is 4.43. The zero-order valence-electron chi connectivity index (χ0n) is 18.2. The Morgan fingerprint density at radius 1 is 1.17 bits per heavy atom. The minimum Gasteiger partial charge on any atom is -0.497 e. The lowest BCUT2D eigenvalue weighted by Gasteiger charge is -2.08. The average molecular weight is 507 g/mol. The van der Waals surface area contributed by atoms with Crippen LogP contribution in [0.3, 0.4) is 0 Å². The fourth-order valence-corrected chi connectivity index (χ4v) is 4.85. The zero-order valence-corrected chi connectivity index (χ0v) is 19.9. The molecule has 0 spiro atoms. The summed E-state index contributed by atoms with van der Waals surface area (Å²) in [6, 6.07) is 14.7. The van der Waals surface area contributed by atoms with Crippen molar-refractivity contribution in [1.29, 1.82) is 5.26 Å². The van der Waals surface area contributed by atoms with Gasteiger partial charge in [0.1, 0.15) is 17.4 Å². The van der Waals surface area contributed by atoms with Crippen molar-refractivity contribution in [3.63, 3.8) is 0 Å². The second-order valence-corrected chi connectivity index (χ2v) is 9.60. The first kappa shape index (κ1) is 23.7. The van der Waals surface area contributed by atoms with E-state index in [9.17, 15) is 18.5 Å². The number of carbonyl (C=O) groups is 1. The molecule has 2 heterocycles. The summed E-state index contributed by atoms with van der Waals surface area (Å²) < 4.78 is 32.4. The van der Waals surface area contributed by atoms with E-state index in [1.807, 2.05) is 18.2 Å². The number of hydrogen-bond donors (Lipinski definition) is 3. The number of nitriles is 1. The number of benzene rings is 2. The Bertz CT molecular complexity index is 1500. The third-order valence-corrected chi connectivity index (χ3v) is 6.96. The second kappa shape index (κ2) is 10.2. The molecule has 1 amide bonds. The van der Waals surface area contributed by atoms with Gasteiger partial charge in [-0.25, -0.2) is 13.4 Å². The number of aromatic nitrogens is 3. The van der Waals surface area contributed by atoms with Gasteiger partial charge in [-0.3, -0.25) is 14.6 Å². The number of methoxy groups -OCH3 is 1. The molecule has 0 saturated carbocycles. The molecule has 0 radical (unpaired) electrons. The first-order valence-corrected chi connectivity index (χ1v) is 12.4. The van der Waals surface area contributed by atoms with E-state index in [1.54, 1.807) is 24.6 Å². The maximum absolute atomic E-state index is 12.7. The molecule has 10 nitrogen and oxygen atoms in total. The number of anilines is 2. The Hall–Kier alpha value is -4.47. The van der Waals surface area contributed by atoms with Crippen molar-refractivity contribution in [2.24, 2.45) is 0 Å². The summed E-state index contributed by atoms with van der Waals surface area (Å²) in [4.78, 5) is 16.6. The minimum absolute atomic E-state index is 0.00396. The molecule has 0 fully saturated rings. The highest BCUT2D eigenvalue weighted by Crippen LogP contribution is 2.26. The van der Waals surface area contributed by atoms with Crippen LogP contribution in [-0.4, -0.2) is 36.6 Å². The van der Waals surface area contributed by atoms with Gasteiger partial charge in [-0.1, -0.05) is 0 Å². The number of hydrogen-bond acceptors (Lipinski definition) is 8. The lowest BCUT2D eigenvalue weighted by molar-refractivity contribution is -0.112. The van der Waals surface area contributed by atoms with Crippen LogP contribution in [0.2, 0.25) is 0 Å². The number of rotatable bonds is 8. The third-order valence-electron chi connectivity index (χ3n) is 4.79. The molecule has 0 aliphatic carbocycles. The lowest BCUT2D eigenvalue weighted by atomic mass is 10.1. The summed E-state index contributed by atoms with van der Waals surface area (Å²) in [5.74, 6) is 0.0473. The predicted molar refractivity (Wildman–Crippen MR) is 132 cm³/mol. The smallest absolute Gasteiger partial charge is 0.266 e. The van der Waals surface area contributed by atoms with Gasteiger partial charge in [-0.15, -0.1) is 11.3 Å². The molecular weight excluding hydrogens is 488 g/mol. The van der Waals surface area contributed by atoms with E-state index in [0.717, 1.165) is 16.9 Å². The Kier molecular flexibility index (Phi) is 6.91. The van der Waals surface area contributed by atoms with Gasteiger partial charge in [-0.05, 0) is 54.6 Å². The third kappa shape index (κ3) is 5.55. The van der Waals surface area contributed by atoms with E-state index >= 15 is 0 Å². The quantitative estimate of drug-likeness (QED) is 0.242. The highest BCUT2D eigenvalue weighted by atomic mass is 32.2. The van der Waals surface area contributed by atoms with Crippen LogP contribution < -0.4 is 14.8 Å². The lowest BCUT2D eigenvalue weighted by Crippen LogP contribution is -2.15. The van der Waals surface area contributed by atoms with Crippen molar-refractivity contribution in [2.75, 3.05) is 17.1 Å². The molecule has 176 valence electrons. The maximum atomic E-state index is 12.7. The van der Waals surface area contributed by atoms with Crippen LogP contribution in [0, 0.1) is 11.3 Å². The molecule has 0 unspecified atom stereocenters. The summed E-state index contributed by atoms with van der Waals surface area (Å²) in [7, 11) is -2.24. The van der Waals surface area contributed by atoms with Crippen molar-refractivity contribution in [1.82, 2.24) is 15.2 Å². The van der Waals surface area contributed by atoms with Gasteiger partial charge in [0.2, 0.25) is 0 Å². The van der Waals surface area contributed by atoms with Crippen LogP contribution >= 0.6 is 11.3 Å². The summed E-state index contributed by atoms with van der Waals surface area (Å²) in [6.45, 7) is 0. The van der Waals surface area contributed by atoms with Gasteiger partial charge in [0, 0.05) is 28.4 Å². The van der Waals surface area contributed by atoms with E-state index in [0.29, 0.717) is 22.7 Å². The average Bonchev–Trinajstić information content (AvgIpc) is 3.54. The van der Waals surface area contributed by atoms with Gasteiger partial charge in [0.25, 0.3) is 15.9 Å². The number of carbonyl (C=O) groups excluding carboxylic acids is 1. The fourth-order valence-electron chi connectivity index (χ4n) is 3.06. The van der Waals surface area contributed by atoms with Crippen molar-refractivity contribution >= 4 is 44.2 Å². The highest BCUT2D eigenvalue weighted by molar-refractivity contribution is 7.93. The maximum Gasteiger partial charge on any atom is 0.266 e. The molecule has 4 aromatic rings. The Morgan fingerprint density at radius 3 is 2.54 bits per heavy atom. The number of H-pyrrole nitrogens is 1. The minimum atomic E-state index is -3.82. The monoisotopic (exact) mass is 506 g/mol. The zero-order chi connectivity index (χ0) is 24.8. The van der Waals surface area contributed by atoms with Crippen LogP contribution in [0.4, 0.5) is 10.8 Å². The Balaban J connectivity index is 1.49. The van der Waals surface area contributed by atoms with Gasteiger partial charge in [0.05, 0.1) is 23.9 Å². The number of nitrogens with one attached hydrogen (secondary N) is 3. The van der Waals surface area contributed by atoms with Crippen LogP contribution in [0.15, 0.2) is 76.8 Å². The Labute approximate surface area is 205 Å². The van der Waals surface area contributed by atoms with E-state index in [2.05, 4.69) is 25.2 Å². The molecule has 0 bridgehead atoms. The fraction of sp³-hybridized carbons (Fsp3) is 0.0435. The molecule has 12 heteroatoms. The molecular formula is C23H18N6O4S2. The van der Waals surface area contributed by atoms with Crippen molar-refractivity contribution in [3.8, 4) is 23.1 Å². The number of aromatic amines is 1. The summed E-state index contributed by atoms with van der Waals surface area (Å²) in [5, 5.41) is 21.0. The van der Waals surface area contributed by atoms with Gasteiger partial charge >= 0.3 is 0 Å². The van der Waals surface area contributed by atoms with Gasteiger partial charge in [0.15, 0.2) is 5.13 Å². The number of amides is 1. The first-order valence-electron chi connectivity index (χ1n) is 10.0. The molecule has 0 saturated heterocycles. The topological polar surface area (TPSA) is 150 Å². The standard InChI is InChI=1S/C23H18N6O4S2/c1-33-19-6-2-15(3-7-19)21-17(14-26-28-21)12-16(13-24)22(30)27-18-4-8-20(9-5-18)35(31,32)29-23-25-10-11-34-23/h2-12,14H,1H3,(H,25,29)(H,26,28)(H,27,30). The second-order valence-electron chi connectivity index (χ2n) is 7.02. The molecule has 4 rings (SSSR count). The summed E-state index contributed by atoms with van der Waals surface area (Å²) >= 11 is 1.16. The largest absolute Gasteiger partial charge is 0.497 e. The summed E-state index contributed by atoms with van der Waals surface area (Å²) in [5.41, 5.74) is 2.16. The van der Waals surface area contributed by atoms with Gasteiger partial charge < -0.3 is 10.1 Å². The van der Waals surface area contributed by atoms with Crippen LogP contribution in [0.25, 0.3) is 17.3 Å². The molecule has 2 aromatic carbocycles. The number of nitrogens with zero attached hydrogens (tertiary/aromatic N) is 3. The van der Waals surface area contributed by atoms with E-state index in [1.165, 1.54) is 42.7 Å². The highest BCUT2D eigenvalue weighted by Gasteiger charge is 2.17. The van der Waals surface area contributed by atoms with Crippen LogP contribution in [0.5, 0.6) is 5.75 Å². The van der Waals surface area contributed by atoms with Crippen LogP contribution in [-0.2, 0) is 14.8 Å². The molecule has 0 aliphatic rings. The number of sulfonamides is 1. The van der Waals surface area contributed by atoms with Crippen LogP contribution in [0.1, 0.15) is 5.56 Å². The molecule has 35 heavy (non-hydrogen) atoms. The van der Waals surface area contributed by atoms with Crippen molar-refractivity contribution < 1.29 is 17.9 Å². The molecule has 0 atom stereocenters. The Morgan fingerprint density at radius 2 is 1.91 bits per heavy atom. The van der Waals surface area contributed by atoms with E-state index in [4.69, 9.17) is 4.74 Å². The first-order chi connectivity index (χ1) is 16.9. The van der Waals surface area contributed by atoms with Gasteiger partial charge in [-0.2, -0.15) is 10.4 Å². The van der Waals surface area contributed by atoms with Crippen molar-refractivity contribution in [3.05, 3.63) is 77.4 Å². The van der Waals surface area contributed by atoms with Crippen molar-refractivity contribution in [2.45, 2.75) is 4.90 Å². The normalized spacial score (nSPS) is 11.5. The predicted octanol–water partition coefficient (Wildman–Crippen LogP) is 3.89. The van der Waals surface area contributed by atoms with E-state index in [-0.39, 0.29) is 15.6 Å². The molecule has 3 N–H and O–H groups in total.